The number of ether oxygens (including phenoxy) is 1. The molecule has 0 aliphatic heterocycles. The molecule has 1 unspecified atom stereocenters. The molecule has 7 heteroatoms. The summed E-state index contributed by atoms with van der Waals surface area (Å²) in [6, 6.07) is 6.65. The van der Waals surface area contributed by atoms with E-state index in [9.17, 15) is 13.2 Å². The second-order valence-corrected chi connectivity index (χ2v) is 6.97. The van der Waals surface area contributed by atoms with Gasteiger partial charge in [0, 0.05) is 6.54 Å². The molecule has 0 bridgehead atoms. The zero-order chi connectivity index (χ0) is 15.4. The van der Waals surface area contributed by atoms with Crippen molar-refractivity contribution in [2.24, 2.45) is 5.73 Å². The summed E-state index contributed by atoms with van der Waals surface area (Å²) in [7, 11) is -3.80. The molecule has 0 saturated heterocycles. The second-order valence-electron chi connectivity index (χ2n) is 5.26. The first kappa shape index (κ1) is 16.6. The number of rotatable bonds is 5. The van der Waals surface area contributed by atoms with E-state index in [1.54, 1.807) is 39.0 Å². The van der Waals surface area contributed by atoms with E-state index >= 15 is 0 Å². The minimum absolute atomic E-state index is 0.0713. The molecule has 0 aliphatic rings. The lowest BCUT2D eigenvalue weighted by molar-refractivity contribution is -0.156. The number of sulfonamides is 1. The summed E-state index contributed by atoms with van der Waals surface area (Å²) in [5.74, 6) is -0.695. The van der Waals surface area contributed by atoms with Gasteiger partial charge in [0.15, 0.2) is 0 Å². The first-order valence-corrected chi connectivity index (χ1v) is 7.64. The van der Waals surface area contributed by atoms with Crippen LogP contribution in [0.2, 0.25) is 0 Å². The highest BCUT2D eigenvalue weighted by Crippen LogP contribution is 2.11. The summed E-state index contributed by atoms with van der Waals surface area (Å²) in [6.45, 7) is 4.92. The van der Waals surface area contributed by atoms with E-state index in [1.165, 1.54) is 12.1 Å². The monoisotopic (exact) mass is 300 g/mol. The van der Waals surface area contributed by atoms with Crippen LogP contribution in [0.5, 0.6) is 0 Å². The molecule has 0 aromatic heterocycles. The molecule has 0 heterocycles. The Kier molecular flexibility index (Phi) is 5.27. The molecule has 1 rings (SSSR count). The van der Waals surface area contributed by atoms with Crippen LogP contribution in [0.3, 0.4) is 0 Å². The van der Waals surface area contributed by atoms with E-state index in [0.29, 0.717) is 0 Å². The zero-order valence-electron chi connectivity index (χ0n) is 11.8. The van der Waals surface area contributed by atoms with Gasteiger partial charge in [0.05, 0.1) is 4.90 Å². The van der Waals surface area contributed by atoms with Crippen molar-refractivity contribution < 1.29 is 17.9 Å². The van der Waals surface area contributed by atoms with Gasteiger partial charge in [-0.15, -0.1) is 0 Å². The van der Waals surface area contributed by atoms with Crippen LogP contribution in [0.15, 0.2) is 35.2 Å². The maximum atomic E-state index is 12.1. The Morgan fingerprint density at radius 1 is 1.30 bits per heavy atom. The van der Waals surface area contributed by atoms with Gasteiger partial charge in [0.1, 0.15) is 11.6 Å². The highest BCUT2D eigenvalue weighted by Gasteiger charge is 2.28. The summed E-state index contributed by atoms with van der Waals surface area (Å²) in [5, 5.41) is 0. The Bertz CT molecular complexity index is 549. The van der Waals surface area contributed by atoms with Gasteiger partial charge in [0.2, 0.25) is 10.0 Å². The van der Waals surface area contributed by atoms with Crippen LogP contribution in [0.1, 0.15) is 20.8 Å². The Labute approximate surface area is 119 Å². The van der Waals surface area contributed by atoms with Gasteiger partial charge in [-0.2, -0.15) is 4.72 Å². The predicted octanol–water partition coefficient (Wildman–Crippen LogP) is 0.634. The number of esters is 1. The number of nitrogens with one attached hydrogen (secondary N) is 1. The third-order valence-electron chi connectivity index (χ3n) is 2.28. The van der Waals surface area contributed by atoms with E-state index in [0.717, 1.165) is 0 Å². The second kappa shape index (κ2) is 6.34. The van der Waals surface area contributed by atoms with Crippen LogP contribution >= 0.6 is 0 Å². The SMILES string of the molecule is CC(C)(C)OC(=O)C(CN)NS(=O)(=O)c1ccccc1. The number of carbonyl (C=O) groups excluding carboxylic acids is 1. The molecule has 20 heavy (non-hydrogen) atoms. The molecule has 0 spiro atoms. The van der Waals surface area contributed by atoms with Crippen molar-refractivity contribution in [1.82, 2.24) is 4.72 Å². The van der Waals surface area contributed by atoms with Crippen LogP contribution in [0, 0.1) is 0 Å². The molecule has 0 fully saturated rings. The highest BCUT2D eigenvalue weighted by molar-refractivity contribution is 7.89. The normalized spacial score (nSPS) is 13.8. The minimum Gasteiger partial charge on any atom is -0.459 e. The summed E-state index contributed by atoms with van der Waals surface area (Å²) in [4.78, 5) is 11.9. The molecule has 1 aromatic rings. The van der Waals surface area contributed by atoms with Crippen molar-refractivity contribution >= 4 is 16.0 Å². The van der Waals surface area contributed by atoms with Crippen molar-refractivity contribution in [2.45, 2.75) is 37.3 Å². The van der Waals surface area contributed by atoms with Gasteiger partial charge in [-0.05, 0) is 32.9 Å². The molecule has 0 aliphatic carbocycles. The lowest BCUT2D eigenvalue weighted by Crippen LogP contribution is -2.48. The standard InChI is InChI=1S/C13H20N2O4S/c1-13(2,3)19-12(16)11(9-14)15-20(17,18)10-7-5-4-6-8-10/h4-8,11,15H,9,14H2,1-3H3. The third-order valence-corrected chi connectivity index (χ3v) is 3.77. The van der Waals surface area contributed by atoms with Gasteiger partial charge in [-0.25, -0.2) is 8.42 Å². The van der Waals surface area contributed by atoms with Crippen molar-refractivity contribution in [2.75, 3.05) is 6.54 Å². The maximum absolute atomic E-state index is 12.1. The van der Waals surface area contributed by atoms with Crippen molar-refractivity contribution in [3.8, 4) is 0 Å². The van der Waals surface area contributed by atoms with Gasteiger partial charge >= 0.3 is 5.97 Å². The molecular weight excluding hydrogens is 280 g/mol. The Balaban J connectivity index is 2.86. The van der Waals surface area contributed by atoms with E-state index in [-0.39, 0.29) is 11.4 Å². The fourth-order valence-corrected chi connectivity index (χ4v) is 2.64. The molecule has 0 amide bonds. The number of hydrogen-bond donors (Lipinski definition) is 2. The Hall–Kier alpha value is -1.44. The number of carbonyl (C=O) groups is 1. The Morgan fingerprint density at radius 2 is 1.85 bits per heavy atom. The van der Waals surface area contributed by atoms with Crippen molar-refractivity contribution in [3.63, 3.8) is 0 Å². The van der Waals surface area contributed by atoms with Gasteiger partial charge in [-0.1, -0.05) is 18.2 Å². The molecular formula is C13H20N2O4S. The lowest BCUT2D eigenvalue weighted by atomic mass is 10.2. The van der Waals surface area contributed by atoms with Crippen LogP contribution < -0.4 is 10.5 Å². The van der Waals surface area contributed by atoms with E-state index in [1.807, 2.05) is 0 Å². The predicted molar refractivity (Wildman–Crippen MR) is 75.5 cm³/mol. The lowest BCUT2D eigenvalue weighted by Gasteiger charge is -2.23. The van der Waals surface area contributed by atoms with Crippen LogP contribution in [-0.4, -0.2) is 32.6 Å². The van der Waals surface area contributed by atoms with E-state index < -0.39 is 27.6 Å². The topological polar surface area (TPSA) is 98.5 Å². The van der Waals surface area contributed by atoms with Crippen LogP contribution in [0.4, 0.5) is 0 Å². The number of hydrogen-bond acceptors (Lipinski definition) is 5. The van der Waals surface area contributed by atoms with Crippen molar-refractivity contribution in [3.05, 3.63) is 30.3 Å². The number of nitrogens with two attached hydrogens (primary N) is 1. The summed E-state index contributed by atoms with van der Waals surface area (Å²) >= 11 is 0. The zero-order valence-corrected chi connectivity index (χ0v) is 12.6. The first-order valence-electron chi connectivity index (χ1n) is 6.16. The molecule has 1 atom stereocenters. The Morgan fingerprint density at radius 3 is 2.30 bits per heavy atom. The van der Waals surface area contributed by atoms with Crippen LogP contribution in [-0.2, 0) is 19.6 Å². The van der Waals surface area contributed by atoms with E-state index in [2.05, 4.69) is 4.72 Å². The molecule has 3 N–H and O–H groups in total. The molecule has 112 valence electrons. The third kappa shape index (κ3) is 4.92. The summed E-state index contributed by atoms with van der Waals surface area (Å²) in [5.41, 5.74) is 4.74. The smallest absolute Gasteiger partial charge is 0.326 e. The maximum Gasteiger partial charge on any atom is 0.326 e. The average Bonchev–Trinajstić information content (AvgIpc) is 2.35. The molecule has 6 nitrogen and oxygen atoms in total. The quantitative estimate of drug-likeness (QED) is 0.777. The summed E-state index contributed by atoms with van der Waals surface area (Å²) in [6.07, 6.45) is 0. The minimum atomic E-state index is -3.80. The molecule has 1 aromatic carbocycles. The van der Waals surface area contributed by atoms with E-state index in [4.69, 9.17) is 10.5 Å². The van der Waals surface area contributed by atoms with Crippen LogP contribution in [0.25, 0.3) is 0 Å². The van der Waals surface area contributed by atoms with Gasteiger partial charge in [0.25, 0.3) is 0 Å². The summed E-state index contributed by atoms with van der Waals surface area (Å²) < 4.78 is 31.6. The average molecular weight is 300 g/mol. The first-order chi connectivity index (χ1) is 9.15. The highest BCUT2D eigenvalue weighted by atomic mass is 32.2. The van der Waals surface area contributed by atoms with Crippen molar-refractivity contribution in [1.29, 1.82) is 0 Å². The largest absolute Gasteiger partial charge is 0.459 e. The molecule has 0 saturated carbocycles. The fourth-order valence-electron chi connectivity index (χ4n) is 1.42. The number of benzene rings is 1. The van der Waals surface area contributed by atoms with Gasteiger partial charge < -0.3 is 10.5 Å². The molecule has 0 radical (unpaired) electrons. The fraction of sp³-hybridized carbons (Fsp3) is 0.462. The van der Waals surface area contributed by atoms with Gasteiger partial charge in [-0.3, -0.25) is 4.79 Å².